The number of nitrogens with zero attached hydrogens (tertiary/aromatic N) is 4. The van der Waals surface area contributed by atoms with Crippen LogP contribution < -0.4 is 10.6 Å². The fourth-order valence-electron chi connectivity index (χ4n) is 3.29. The lowest BCUT2D eigenvalue weighted by molar-refractivity contribution is 0.0963. The van der Waals surface area contributed by atoms with Crippen molar-refractivity contribution < 1.29 is 9.53 Å². The summed E-state index contributed by atoms with van der Waals surface area (Å²) in [5.41, 5.74) is 3.58. The summed E-state index contributed by atoms with van der Waals surface area (Å²) < 4.78 is 6.98. The first-order valence-electron chi connectivity index (χ1n) is 9.34. The third-order valence-electron chi connectivity index (χ3n) is 4.91. The fourth-order valence-corrected chi connectivity index (χ4v) is 3.29. The molecule has 1 aromatic heterocycles. The van der Waals surface area contributed by atoms with Crippen molar-refractivity contribution in [2.75, 3.05) is 33.3 Å². The predicted octanol–water partition coefficient (Wildman–Crippen LogP) is 1.37. The minimum atomic E-state index is -0.212. The number of aliphatic imine (C=N–C) groups is 1. The Hall–Kier alpha value is -2.25. The summed E-state index contributed by atoms with van der Waals surface area (Å²) in [5.74, 6) is 0.804. The Morgan fingerprint density at radius 1 is 1.35 bits per heavy atom. The van der Waals surface area contributed by atoms with E-state index in [4.69, 9.17) is 4.74 Å². The summed E-state index contributed by atoms with van der Waals surface area (Å²) in [7, 11) is 3.76. The molecule has 2 N–H and O–H groups in total. The molecule has 0 aromatic carbocycles. The minimum absolute atomic E-state index is 0.212. The lowest BCUT2D eigenvalue weighted by Gasteiger charge is -2.32. The zero-order valence-electron chi connectivity index (χ0n) is 16.6. The van der Waals surface area contributed by atoms with E-state index in [9.17, 15) is 4.79 Å². The van der Waals surface area contributed by atoms with Crippen molar-refractivity contribution >= 4 is 12.1 Å². The maximum atomic E-state index is 11.8. The van der Waals surface area contributed by atoms with Crippen LogP contribution in [0.3, 0.4) is 0 Å². The van der Waals surface area contributed by atoms with Gasteiger partial charge in [0, 0.05) is 45.5 Å². The molecule has 0 saturated carbocycles. The summed E-state index contributed by atoms with van der Waals surface area (Å²) in [5, 5.41) is 11.3. The normalized spacial score (nSPS) is 15.9. The van der Waals surface area contributed by atoms with Crippen LogP contribution in [0.25, 0.3) is 0 Å². The molecule has 0 radical (unpaired) electrons. The van der Waals surface area contributed by atoms with Gasteiger partial charge in [0.05, 0.1) is 12.3 Å². The highest BCUT2D eigenvalue weighted by Gasteiger charge is 2.24. The van der Waals surface area contributed by atoms with Gasteiger partial charge in [-0.05, 0) is 45.6 Å². The number of nitrogens with one attached hydrogen (secondary N) is 2. The number of likely N-dealkylation sites (tertiary alicyclic amines) is 1. The van der Waals surface area contributed by atoms with E-state index in [-0.39, 0.29) is 6.09 Å². The summed E-state index contributed by atoms with van der Waals surface area (Å²) in [6.45, 7) is 8.62. The molecule has 1 amide bonds. The van der Waals surface area contributed by atoms with Gasteiger partial charge in [0.15, 0.2) is 5.96 Å². The van der Waals surface area contributed by atoms with Gasteiger partial charge in [0.25, 0.3) is 0 Å². The van der Waals surface area contributed by atoms with E-state index < -0.39 is 0 Å². The Morgan fingerprint density at radius 3 is 2.58 bits per heavy atom. The largest absolute Gasteiger partial charge is 0.450 e. The first-order chi connectivity index (χ1) is 12.5. The number of guanidine groups is 1. The second-order valence-corrected chi connectivity index (χ2v) is 6.63. The highest BCUT2D eigenvalue weighted by molar-refractivity contribution is 5.80. The maximum absolute atomic E-state index is 11.8. The third kappa shape index (κ3) is 5.12. The van der Waals surface area contributed by atoms with Crippen molar-refractivity contribution in [1.82, 2.24) is 25.3 Å². The Labute approximate surface area is 156 Å². The molecule has 1 saturated heterocycles. The number of aryl methyl sites for hydroxylation is 2. The topological polar surface area (TPSA) is 83.8 Å². The van der Waals surface area contributed by atoms with E-state index in [1.165, 1.54) is 11.3 Å². The SMILES string of the molecule is CCOC(=O)N1CCC(NC(=NC)NCCc2c(C)nn(C)c2C)CC1. The second kappa shape index (κ2) is 9.45. The van der Waals surface area contributed by atoms with Crippen LogP contribution in [-0.4, -0.2) is 66.1 Å². The third-order valence-corrected chi connectivity index (χ3v) is 4.91. The molecule has 0 aliphatic carbocycles. The molecule has 2 rings (SSSR count). The van der Waals surface area contributed by atoms with Crippen molar-refractivity contribution in [2.24, 2.45) is 12.0 Å². The minimum Gasteiger partial charge on any atom is -0.450 e. The van der Waals surface area contributed by atoms with Crippen LogP contribution >= 0.6 is 0 Å². The molecular formula is C18H32N6O2. The van der Waals surface area contributed by atoms with Crippen molar-refractivity contribution in [2.45, 2.75) is 46.1 Å². The van der Waals surface area contributed by atoms with E-state index in [1.54, 1.807) is 11.9 Å². The molecule has 8 nitrogen and oxygen atoms in total. The molecule has 0 atom stereocenters. The number of aromatic nitrogens is 2. The van der Waals surface area contributed by atoms with Gasteiger partial charge in [-0.2, -0.15) is 5.10 Å². The van der Waals surface area contributed by atoms with E-state index >= 15 is 0 Å². The number of carbonyl (C=O) groups is 1. The number of amides is 1. The van der Waals surface area contributed by atoms with Gasteiger partial charge >= 0.3 is 6.09 Å². The first kappa shape index (κ1) is 20.1. The van der Waals surface area contributed by atoms with E-state index in [0.29, 0.717) is 25.7 Å². The van der Waals surface area contributed by atoms with Gasteiger partial charge in [0.1, 0.15) is 0 Å². The van der Waals surface area contributed by atoms with Gasteiger partial charge in [-0.15, -0.1) is 0 Å². The predicted molar refractivity (Wildman–Crippen MR) is 103 cm³/mol. The molecule has 2 heterocycles. The summed E-state index contributed by atoms with van der Waals surface area (Å²) in [6, 6.07) is 0.314. The molecule has 1 aliphatic rings. The van der Waals surface area contributed by atoms with Crippen LogP contribution in [0.15, 0.2) is 4.99 Å². The summed E-state index contributed by atoms with van der Waals surface area (Å²) in [4.78, 5) is 17.8. The van der Waals surface area contributed by atoms with E-state index in [0.717, 1.165) is 37.5 Å². The van der Waals surface area contributed by atoms with Crippen molar-refractivity contribution in [3.05, 3.63) is 17.0 Å². The Kier molecular flexibility index (Phi) is 7.29. The molecule has 1 aliphatic heterocycles. The molecule has 146 valence electrons. The van der Waals surface area contributed by atoms with Gasteiger partial charge in [0.2, 0.25) is 0 Å². The molecule has 8 heteroatoms. The Bertz CT molecular complexity index is 632. The molecule has 1 fully saturated rings. The quantitative estimate of drug-likeness (QED) is 0.609. The van der Waals surface area contributed by atoms with Crippen LogP contribution in [-0.2, 0) is 18.2 Å². The monoisotopic (exact) mass is 364 g/mol. The van der Waals surface area contributed by atoms with Crippen molar-refractivity contribution in [1.29, 1.82) is 0 Å². The van der Waals surface area contributed by atoms with Crippen LogP contribution in [0.4, 0.5) is 4.79 Å². The molecule has 0 bridgehead atoms. The van der Waals surface area contributed by atoms with E-state index in [1.807, 2.05) is 25.6 Å². The number of hydrogen-bond donors (Lipinski definition) is 2. The van der Waals surface area contributed by atoms with Gasteiger partial charge in [-0.3, -0.25) is 9.67 Å². The maximum Gasteiger partial charge on any atom is 0.409 e. The van der Waals surface area contributed by atoms with Gasteiger partial charge in [-0.25, -0.2) is 4.79 Å². The lowest BCUT2D eigenvalue weighted by Crippen LogP contribution is -2.50. The average molecular weight is 364 g/mol. The molecule has 0 spiro atoms. The number of ether oxygens (including phenoxy) is 1. The van der Waals surface area contributed by atoms with Crippen LogP contribution in [0.1, 0.15) is 36.7 Å². The highest BCUT2D eigenvalue weighted by Crippen LogP contribution is 2.13. The number of carbonyl (C=O) groups excluding carboxylic acids is 1. The molecule has 1 aromatic rings. The fraction of sp³-hybridized carbons (Fsp3) is 0.722. The van der Waals surface area contributed by atoms with Crippen molar-refractivity contribution in [3.63, 3.8) is 0 Å². The number of rotatable bonds is 5. The highest BCUT2D eigenvalue weighted by atomic mass is 16.6. The van der Waals surface area contributed by atoms with Gasteiger partial charge < -0.3 is 20.3 Å². The standard InChI is InChI=1S/C18H32N6O2/c1-6-26-18(25)24-11-8-15(9-12-24)21-17(19-4)20-10-7-16-13(2)22-23(5)14(16)3/h15H,6-12H2,1-5H3,(H2,19,20,21). The zero-order valence-corrected chi connectivity index (χ0v) is 16.6. The molecule has 0 unspecified atom stereocenters. The lowest BCUT2D eigenvalue weighted by atomic mass is 10.1. The Morgan fingerprint density at radius 2 is 2.04 bits per heavy atom. The zero-order chi connectivity index (χ0) is 19.1. The molecular weight excluding hydrogens is 332 g/mol. The van der Waals surface area contributed by atoms with Crippen LogP contribution in [0.5, 0.6) is 0 Å². The second-order valence-electron chi connectivity index (χ2n) is 6.63. The van der Waals surface area contributed by atoms with Gasteiger partial charge in [-0.1, -0.05) is 0 Å². The van der Waals surface area contributed by atoms with Crippen LogP contribution in [0.2, 0.25) is 0 Å². The first-order valence-corrected chi connectivity index (χ1v) is 9.34. The summed E-state index contributed by atoms with van der Waals surface area (Å²) >= 11 is 0. The smallest absolute Gasteiger partial charge is 0.409 e. The average Bonchev–Trinajstić information content (AvgIpc) is 2.87. The van der Waals surface area contributed by atoms with Crippen molar-refractivity contribution in [3.8, 4) is 0 Å². The summed E-state index contributed by atoms with van der Waals surface area (Å²) in [6.07, 6.45) is 2.48. The van der Waals surface area contributed by atoms with Crippen LogP contribution in [0, 0.1) is 13.8 Å². The molecule has 26 heavy (non-hydrogen) atoms. The number of piperidine rings is 1. The Balaban J connectivity index is 1.75. The number of hydrogen-bond acceptors (Lipinski definition) is 4. The van der Waals surface area contributed by atoms with E-state index in [2.05, 4.69) is 27.6 Å².